The molecule has 0 bridgehead atoms. The largest absolute Gasteiger partial charge is 0.399 e. The second-order valence-electron chi connectivity index (χ2n) is 8.14. The fourth-order valence-corrected chi connectivity index (χ4v) is 4.13. The highest BCUT2D eigenvalue weighted by Crippen LogP contribution is 2.29. The van der Waals surface area contributed by atoms with Crippen molar-refractivity contribution in [2.45, 2.75) is 44.9 Å². The summed E-state index contributed by atoms with van der Waals surface area (Å²) in [5.41, 5.74) is 10.3. The van der Waals surface area contributed by atoms with E-state index in [1.165, 1.54) is 29.7 Å². The molecule has 3 heteroatoms. The Morgan fingerprint density at radius 3 is 1.78 bits per heavy atom. The van der Waals surface area contributed by atoms with Crippen molar-refractivity contribution < 1.29 is 4.79 Å². The second-order valence-corrected chi connectivity index (χ2v) is 8.14. The van der Waals surface area contributed by atoms with E-state index < -0.39 is 0 Å². The van der Waals surface area contributed by atoms with Crippen molar-refractivity contribution in [3.05, 3.63) is 59.7 Å². The van der Waals surface area contributed by atoms with Crippen molar-refractivity contribution in [1.29, 1.82) is 0 Å². The molecule has 0 aliphatic heterocycles. The highest BCUT2D eigenvalue weighted by molar-refractivity contribution is 5.84. The van der Waals surface area contributed by atoms with Crippen molar-refractivity contribution in [3.8, 4) is 0 Å². The van der Waals surface area contributed by atoms with Crippen molar-refractivity contribution in [3.63, 3.8) is 0 Å². The summed E-state index contributed by atoms with van der Waals surface area (Å²) in [6, 6.07) is 16.7. The molecule has 2 aromatic carbocycles. The molecule has 2 unspecified atom stereocenters. The van der Waals surface area contributed by atoms with Gasteiger partial charge in [0, 0.05) is 37.3 Å². The Labute approximate surface area is 163 Å². The molecule has 0 heterocycles. The molecule has 1 aliphatic carbocycles. The van der Waals surface area contributed by atoms with Crippen molar-refractivity contribution >= 4 is 17.2 Å². The first-order chi connectivity index (χ1) is 13.0. The van der Waals surface area contributed by atoms with E-state index in [4.69, 9.17) is 5.73 Å². The van der Waals surface area contributed by atoms with Crippen LogP contribution in [0.25, 0.3) is 0 Å². The van der Waals surface area contributed by atoms with Crippen LogP contribution in [0.3, 0.4) is 0 Å². The topological polar surface area (TPSA) is 46.3 Å². The van der Waals surface area contributed by atoms with E-state index in [0.29, 0.717) is 5.78 Å². The molecule has 27 heavy (non-hydrogen) atoms. The number of rotatable bonds is 5. The highest BCUT2D eigenvalue weighted by atomic mass is 16.1. The van der Waals surface area contributed by atoms with Crippen LogP contribution in [0.1, 0.15) is 43.2 Å². The molecule has 3 nitrogen and oxygen atoms in total. The van der Waals surface area contributed by atoms with Gasteiger partial charge in [-0.2, -0.15) is 0 Å². The number of carbonyl (C=O) groups excluding carboxylic acids is 1. The Morgan fingerprint density at radius 2 is 1.30 bits per heavy atom. The summed E-state index contributed by atoms with van der Waals surface area (Å²) in [6.45, 7) is 0. The van der Waals surface area contributed by atoms with E-state index in [1.54, 1.807) is 0 Å². The lowest BCUT2D eigenvalue weighted by Gasteiger charge is -2.26. The average molecular weight is 365 g/mol. The van der Waals surface area contributed by atoms with Gasteiger partial charge in [-0.05, 0) is 61.1 Å². The summed E-state index contributed by atoms with van der Waals surface area (Å²) in [7, 11) is 4.10. The van der Waals surface area contributed by atoms with Crippen molar-refractivity contribution in [1.82, 2.24) is 0 Å². The van der Waals surface area contributed by atoms with Gasteiger partial charge in [0.1, 0.15) is 5.78 Å². The van der Waals surface area contributed by atoms with E-state index in [1.807, 2.05) is 12.1 Å². The molecular weight excluding hydrogens is 332 g/mol. The van der Waals surface area contributed by atoms with Crippen LogP contribution in [0.2, 0.25) is 0 Å². The minimum Gasteiger partial charge on any atom is -0.399 e. The number of anilines is 2. The number of hydrogen-bond donors (Lipinski definition) is 1. The Kier molecular flexibility index (Phi) is 6.54. The summed E-state index contributed by atoms with van der Waals surface area (Å²) < 4.78 is 0. The lowest BCUT2D eigenvalue weighted by molar-refractivity contribution is -0.127. The molecule has 2 aromatic rings. The zero-order chi connectivity index (χ0) is 19.2. The fourth-order valence-electron chi connectivity index (χ4n) is 4.13. The highest BCUT2D eigenvalue weighted by Gasteiger charge is 2.28. The molecule has 3 rings (SSSR count). The van der Waals surface area contributed by atoms with Gasteiger partial charge in [0.25, 0.3) is 0 Å². The maximum Gasteiger partial charge on any atom is 0.139 e. The number of nitrogens with zero attached hydrogens (tertiary/aromatic N) is 1. The smallest absolute Gasteiger partial charge is 0.139 e. The van der Waals surface area contributed by atoms with Crippen LogP contribution in [0.4, 0.5) is 11.4 Å². The Bertz CT molecular complexity index is 734. The van der Waals surface area contributed by atoms with Crippen LogP contribution < -0.4 is 10.6 Å². The minimum absolute atomic E-state index is 0.139. The Morgan fingerprint density at radius 1 is 0.815 bits per heavy atom. The van der Waals surface area contributed by atoms with Gasteiger partial charge >= 0.3 is 0 Å². The first-order valence-corrected chi connectivity index (χ1v) is 10.2. The van der Waals surface area contributed by atoms with E-state index >= 15 is 0 Å². The predicted octanol–water partition coefficient (Wildman–Crippen LogP) is 4.89. The minimum atomic E-state index is 0.139. The Balaban J connectivity index is 1.70. The molecule has 0 radical (unpaired) electrons. The lowest BCUT2D eigenvalue weighted by Crippen LogP contribution is -2.28. The molecule has 2 atom stereocenters. The number of ketones is 1. The number of benzene rings is 2. The molecule has 1 saturated carbocycles. The van der Waals surface area contributed by atoms with E-state index in [2.05, 4.69) is 55.4 Å². The SMILES string of the molecule is CN(C)c1ccc(CC2CCCCCC(Cc3ccc(N)cc3)C2=O)cc1. The summed E-state index contributed by atoms with van der Waals surface area (Å²) in [6.07, 6.45) is 7.31. The van der Waals surface area contributed by atoms with Gasteiger partial charge in [-0.15, -0.1) is 0 Å². The monoisotopic (exact) mass is 364 g/mol. The van der Waals surface area contributed by atoms with Crippen molar-refractivity contribution in [2.75, 3.05) is 24.7 Å². The van der Waals surface area contributed by atoms with Crippen LogP contribution in [0.15, 0.2) is 48.5 Å². The predicted molar refractivity (Wildman–Crippen MR) is 114 cm³/mol. The Hall–Kier alpha value is -2.29. The van der Waals surface area contributed by atoms with Gasteiger partial charge in [-0.3, -0.25) is 4.79 Å². The number of hydrogen-bond acceptors (Lipinski definition) is 3. The van der Waals surface area contributed by atoms with Crippen molar-refractivity contribution in [2.24, 2.45) is 11.8 Å². The molecule has 0 amide bonds. The fraction of sp³-hybridized carbons (Fsp3) is 0.458. The normalized spacial score (nSPS) is 20.7. The maximum absolute atomic E-state index is 13.3. The van der Waals surface area contributed by atoms with Gasteiger partial charge in [-0.25, -0.2) is 0 Å². The zero-order valence-corrected chi connectivity index (χ0v) is 16.7. The quantitative estimate of drug-likeness (QED) is 0.769. The van der Waals surface area contributed by atoms with Gasteiger partial charge in [-0.1, -0.05) is 43.5 Å². The van der Waals surface area contributed by atoms with Crippen LogP contribution in [0, 0.1) is 11.8 Å². The van der Waals surface area contributed by atoms with Crippen LogP contribution >= 0.6 is 0 Å². The molecule has 1 fully saturated rings. The molecule has 144 valence electrons. The standard InChI is InChI=1S/C24H32N2O/c1-26(2)23-14-10-19(11-15-23)17-21-7-5-3-4-6-20(24(21)27)16-18-8-12-22(25)13-9-18/h8-15,20-21H,3-7,16-17,25H2,1-2H3. The van der Waals surface area contributed by atoms with Gasteiger partial charge < -0.3 is 10.6 Å². The van der Waals surface area contributed by atoms with Gasteiger partial charge in [0.2, 0.25) is 0 Å². The number of carbonyl (C=O) groups is 1. The number of nitrogens with two attached hydrogens (primary N) is 1. The summed E-state index contributed by atoms with van der Waals surface area (Å²) in [5.74, 6) is 0.748. The number of Topliss-reactive ketones (excluding diaryl/α,β-unsaturated/α-hetero) is 1. The second kappa shape index (κ2) is 9.07. The summed E-state index contributed by atoms with van der Waals surface area (Å²) in [4.78, 5) is 15.4. The first kappa shape index (κ1) is 19.5. The molecule has 2 N–H and O–H groups in total. The van der Waals surface area contributed by atoms with E-state index in [9.17, 15) is 4.79 Å². The molecule has 0 spiro atoms. The zero-order valence-electron chi connectivity index (χ0n) is 16.7. The average Bonchev–Trinajstić information content (AvgIpc) is 2.66. The molecular formula is C24H32N2O. The molecule has 1 aliphatic rings. The van der Waals surface area contributed by atoms with E-state index in [0.717, 1.165) is 37.8 Å². The van der Waals surface area contributed by atoms with Crippen LogP contribution in [-0.4, -0.2) is 19.9 Å². The summed E-state index contributed by atoms with van der Waals surface area (Å²) >= 11 is 0. The van der Waals surface area contributed by atoms with E-state index in [-0.39, 0.29) is 11.8 Å². The third-order valence-electron chi connectivity index (χ3n) is 5.81. The summed E-state index contributed by atoms with van der Waals surface area (Å²) in [5, 5.41) is 0. The van der Waals surface area contributed by atoms with Crippen LogP contribution in [0.5, 0.6) is 0 Å². The van der Waals surface area contributed by atoms with Crippen LogP contribution in [-0.2, 0) is 17.6 Å². The molecule has 0 saturated heterocycles. The molecule has 0 aromatic heterocycles. The first-order valence-electron chi connectivity index (χ1n) is 10.2. The maximum atomic E-state index is 13.3. The van der Waals surface area contributed by atoms with Gasteiger partial charge in [0.15, 0.2) is 0 Å². The number of nitrogen functional groups attached to an aromatic ring is 1. The third kappa shape index (κ3) is 5.35. The third-order valence-corrected chi connectivity index (χ3v) is 5.81. The van der Waals surface area contributed by atoms with Gasteiger partial charge in [0.05, 0.1) is 0 Å². The lowest BCUT2D eigenvalue weighted by atomic mass is 9.78.